The molecule has 0 radical (unpaired) electrons. The Morgan fingerprint density at radius 1 is 1.29 bits per heavy atom. The van der Waals surface area contributed by atoms with Gasteiger partial charge in [-0.15, -0.1) is 0 Å². The monoisotopic (exact) mass is 234 g/mol. The first-order valence-electron chi connectivity index (χ1n) is 6.49. The van der Waals surface area contributed by atoms with Crippen LogP contribution in [0.2, 0.25) is 0 Å². The lowest BCUT2D eigenvalue weighted by atomic mass is 10.3. The molecule has 1 N–H and O–H groups in total. The summed E-state index contributed by atoms with van der Waals surface area (Å²) in [4.78, 5) is 2.55. The van der Waals surface area contributed by atoms with Crippen molar-refractivity contribution in [2.24, 2.45) is 0 Å². The third-order valence-corrected chi connectivity index (χ3v) is 3.25. The van der Waals surface area contributed by atoms with E-state index in [1.165, 1.54) is 38.9 Å². The second-order valence-corrected chi connectivity index (χ2v) is 4.56. The fraction of sp³-hybridized carbons (Fsp3) is 0.571. The number of likely N-dealkylation sites (tertiary alicyclic amines) is 1. The van der Waals surface area contributed by atoms with Crippen molar-refractivity contribution in [1.82, 2.24) is 4.90 Å². The van der Waals surface area contributed by atoms with E-state index in [0.717, 1.165) is 18.0 Å². The van der Waals surface area contributed by atoms with Gasteiger partial charge in [-0.3, -0.25) is 0 Å². The molecular weight excluding hydrogens is 212 g/mol. The summed E-state index contributed by atoms with van der Waals surface area (Å²) in [5, 5.41) is 3.44. The number of methoxy groups -OCH3 is 1. The minimum atomic E-state index is 0.912. The number of hydrogen-bond donors (Lipinski definition) is 1. The third kappa shape index (κ3) is 3.93. The molecule has 1 aliphatic heterocycles. The van der Waals surface area contributed by atoms with Crippen LogP contribution in [0.1, 0.15) is 19.3 Å². The molecule has 0 bridgehead atoms. The summed E-state index contributed by atoms with van der Waals surface area (Å²) in [6.45, 7) is 4.83. The molecule has 94 valence electrons. The molecule has 0 amide bonds. The van der Waals surface area contributed by atoms with E-state index in [2.05, 4.69) is 16.3 Å². The van der Waals surface area contributed by atoms with E-state index in [0.29, 0.717) is 0 Å². The zero-order valence-electron chi connectivity index (χ0n) is 10.6. The van der Waals surface area contributed by atoms with E-state index in [-0.39, 0.29) is 0 Å². The predicted molar refractivity (Wildman–Crippen MR) is 71.8 cm³/mol. The standard InChI is InChI=1S/C14H22N2O/c1-17-14-7-4-6-13(12-14)15-8-5-11-16-9-2-3-10-16/h4,6-7,12,15H,2-3,5,8-11H2,1H3. The molecule has 3 heteroatoms. The van der Waals surface area contributed by atoms with Gasteiger partial charge in [-0.05, 0) is 51.0 Å². The van der Waals surface area contributed by atoms with Crippen LogP contribution in [0.15, 0.2) is 24.3 Å². The Hall–Kier alpha value is -1.22. The fourth-order valence-electron chi connectivity index (χ4n) is 2.27. The van der Waals surface area contributed by atoms with Crippen LogP contribution in [0.3, 0.4) is 0 Å². The second kappa shape index (κ2) is 6.50. The van der Waals surface area contributed by atoms with Crippen LogP contribution in [0, 0.1) is 0 Å². The molecule has 0 unspecified atom stereocenters. The largest absolute Gasteiger partial charge is 0.497 e. The first-order chi connectivity index (χ1) is 8.38. The highest BCUT2D eigenvalue weighted by atomic mass is 16.5. The summed E-state index contributed by atoms with van der Waals surface area (Å²) in [6, 6.07) is 8.10. The summed E-state index contributed by atoms with van der Waals surface area (Å²) >= 11 is 0. The van der Waals surface area contributed by atoms with E-state index in [1.807, 2.05) is 18.2 Å². The number of anilines is 1. The van der Waals surface area contributed by atoms with Crippen molar-refractivity contribution in [2.75, 3.05) is 38.6 Å². The van der Waals surface area contributed by atoms with Gasteiger partial charge in [0.05, 0.1) is 7.11 Å². The lowest BCUT2D eigenvalue weighted by molar-refractivity contribution is 0.337. The van der Waals surface area contributed by atoms with Crippen molar-refractivity contribution in [3.8, 4) is 5.75 Å². The molecule has 1 aromatic carbocycles. The van der Waals surface area contributed by atoms with Gasteiger partial charge >= 0.3 is 0 Å². The van der Waals surface area contributed by atoms with Gasteiger partial charge in [0.15, 0.2) is 0 Å². The summed E-state index contributed by atoms with van der Waals surface area (Å²) in [6.07, 6.45) is 3.96. The topological polar surface area (TPSA) is 24.5 Å². The number of nitrogens with one attached hydrogen (secondary N) is 1. The number of rotatable bonds is 6. The normalized spacial score (nSPS) is 16.1. The Labute approximate surface area is 104 Å². The van der Waals surface area contributed by atoms with E-state index >= 15 is 0 Å². The highest BCUT2D eigenvalue weighted by Gasteiger charge is 2.09. The van der Waals surface area contributed by atoms with Crippen LogP contribution >= 0.6 is 0 Å². The lowest BCUT2D eigenvalue weighted by Crippen LogP contribution is -2.22. The molecule has 17 heavy (non-hydrogen) atoms. The van der Waals surface area contributed by atoms with Gasteiger partial charge in [0, 0.05) is 18.3 Å². The Morgan fingerprint density at radius 3 is 2.88 bits per heavy atom. The quantitative estimate of drug-likeness (QED) is 0.766. The van der Waals surface area contributed by atoms with Crippen molar-refractivity contribution in [2.45, 2.75) is 19.3 Å². The zero-order valence-corrected chi connectivity index (χ0v) is 10.6. The van der Waals surface area contributed by atoms with Crippen molar-refractivity contribution in [3.05, 3.63) is 24.3 Å². The number of ether oxygens (including phenoxy) is 1. The average Bonchev–Trinajstić information content (AvgIpc) is 2.88. The molecule has 2 rings (SSSR count). The molecule has 1 aliphatic rings. The number of nitrogens with zero attached hydrogens (tertiary/aromatic N) is 1. The maximum Gasteiger partial charge on any atom is 0.120 e. The Morgan fingerprint density at radius 2 is 2.12 bits per heavy atom. The molecule has 0 saturated carbocycles. The van der Waals surface area contributed by atoms with Crippen molar-refractivity contribution in [1.29, 1.82) is 0 Å². The summed E-state index contributed by atoms with van der Waals surface area (Å²) in [5.41, 5.74) is 1.14. The van der Waals surface area contributed by atoms with Crippen LogP contribution in [0.4, 0.5) is 5.69 Å². The minimum Gasteiger partial charge on any atom is -0.497 e. The second-order valence-electron chi connectivity index (χ2n) is 4.56. The van der Waals surface area contributed by atoms with Crippen molar-refractivity contribution in [3.63, 3.8) is 0 Å². The van der Waals surface area contributed by atoms with Gasteiger partial charge in [0.25, 0.3) is 0 Å². The molecule has 1 aromatic rings. The number of hydrogen-bond acceptors (Lipinski definition) is 3. The van der Waals surface area contributed by atoms with Crippen LogP contribution in [-0.4, -0.2) is 38.2 Å². The van der Waals surface area contributed by atoms with E-state index in [9.17, 15) is 0 Å². The highest BCUT2D eigenvalue weighted by Crippen LogP contribution is 2.16. The summed E-state index contributed by atoms with van der Waals surface area (Å²) < 4.78 is 5.19. The number of benzene rings is 1. The Balaban J connectivity index is 1.66. The highest BCUT2D eigenvalue weighted by molar-refractivity contribution is 5.47. The molecule has 0 aliphatic carbocycles. The van der Waals surface area contributed by atoms with Crippen LogP contribution in [0.25, 0.3) is 0 Å². The minimum absolute atomic E-state index is 0.912. The van der Waals surface area contributed by atoms with Crippen molar-refractivity contribution >= 4 is 5.69 Å². The molecular formula is C14H22N2O. The first-order valence-corrected chi connectivity index (χ1v) is 6.49. The fourth-order valence-corrected chi connectivity index (χ4v) is 2.27. The first kappa shape index (κ1) is 12.2. The van der Waals surface area contributed by atoms with E-state index < -0.39 is 0 Å². The van der Waals surface area contributed by atoms with E-state index in [4.69, 9.17) is 4.74 Å². The van der Waals surface area contributed by atoms with Crippen LogP contribution < -0.4 is 10.1 Å². The van der Waals surface area contributed by atoms with Gasteiger partial charge in [-0.2, -0.15) is 0 Å². The SMILES string of the molecule is COc1cccc(NCCCN2CCCC2)c1. The van der Waals surface area contributed by atoms with Crippen LogP contribution in [0.5, 0.6) is 5.75 Å². The predicted octanol–water partition coefficient (Wildman–Crippen LogP) is 2.59. The summed E-state index contributed by atoms with van der Waals surface area (Å²) in [7, 11) is 1.70. The van der Waals surface area contributed by atoms with Gasteiger partial charge in [-0.1, -0.05) is 6.07 Å². The Bertz CT molecular complexity index is 335. The maximum atomic E-state index is 5.19. The smallest absolute Gasteiger partial charge is 0.120 e. The maximum absolute atomic E-state index is 5.19. The van der Waals surface area contributed by atoms with Gasteiger partial charge in [0.1, 0.15) is 5.75 Å². The molecule has 0 spiro atoms. The lowest BCUT2D eigenvalue weighted by Gasteiger charge is -2.14. The van der Waals surface area contributed by atoms with Crippen LogP contribution in [-0.2, 0) is 0 Å². The molecule has 1 fully saturated rings. The Kier molecular flexibility index (Phi) is 4.68. The van der Waals surface area contributed by atoms with E-state index in [1.54, 1.807) is 7.11 Å². The van der Waals surface area contributed by atoms with Crippen molar-refractivity contribution < 1.29 is 4.74 Å². The van der Waals surface area contributed by atoms with Gasteiger partial charge < -0.3 is 15.0 Å². The third-order valence-electron chi connectivity index (χ3n) is 3.25. The van der Waals surface area contributed by atoms with Gasteiger partial charge in [-0.25, -0.2) is 0 Å². The molecule has 1 heterocycles. The molecule has 1 saturated heterocycles. The van der Waals surface area contributed by atoms with Gasteiger partial charge in [0.2, 0.25) is 0 Å². The average molecular weight is 234 g/mol. The molecule has 0 aromatic heterocycles. The molecule has 3 nitrogen and oxygen atoms in total. The zero-order chi connectivity index (χ0) is 11.9. The molecule has 0 atom stereocenters. The summed E-state index contributed by atoms with van der Waals surface area (Å²) in [5.74, 6) is 0.912.